The van der Waals surface area contributed by atoms with Crippen LogP contribution in [-0.4, -0.2) is 37.0 Å². The van der Waals surface area contributed by atoms with Crippen molar-refractivity contribution in [2.45, 2.75) is 13.1 Å². The molecule has 6 heteroatoms. The number of hydrogen-bond acceptors (Lipinski definition) is 3. The molecule has 0 atom stereocenters. The van der Waals surface area contributed by atoms with E-state index >= 15 is 0 Å². The zero-order valence-corrected chi connectivity index (χ0v) is 13.6. The van der Waals surface area contributed by atoms with E-state index in [0.29, 0.717) is 19.0 Å². The second-order valence-corrected chi connectivity index (χ2v) is 5.09. The lowest BCUT2D eigenvalue weighted by Crippen LogP contribution is -2.38. The van der Waals surface area contributed by atoms with Crippen molar-refractivity contribution in [3.63, 3.8) is 0 Å². The molecule has 0 unspecified atom stereocenters. The highest BCUT2D eigenvalue weighted by Crippen LogP contribution is 2.09. The number of guanidine groups is 1. The highest BCUT2D eigenvalue weighted by molar-refractivity contribution is 5.79. The molecule has 0 aliphatic heterocycles. The monoisotopic (exact) mass is 316 g/mol. The van der Waals surface area contributed by atoms with Gasteiger partial charge in [0, 0.05) is 39.4 Å². The predicted molar refractivity (Wildman–Crippen MR) is 88.9 cm³/mol. The summed E-state index contributed by atoms with van der Waals surface area (Å²) < 4.78 is 18.1. The van der Waals surface area contributed by atoms with E-state index in [9.17, 15) is 4.39 Å². The number of hydrogen-bond donors (Lipinski definition) is 1. The van der Waals surface area contributed by atoms with Gasteiger partial charge >= 0.3 is 0 Å². The van der Waals surface area contributed by atoms with E-state index in [-0.39, 0.29) is 5.82 Å². The van der Waals surface area contributed by atoms with Gasteiger partial charge in [-0.05, 0) is 29.3 Å². The molecule has 0 spiro atoms. The van der Waals surface area contributed by atoms with Crippen LogP contribution in [-0.2, 0) is 13.1 Å². The van der Waals surface area contributed by atoms with Gasteiger partial charge in [0.1, 0.15) is 5.82 Å². The van der Waals surface area contributed by atoms with Gasteiger partial charge in [-0.3, -0.25) is 4.99 Å². The molecule has 1 aromatic carbocycles. The molecule has 2 aromatic rings. The number of nitrogens with zero attached hydrogens (tertiary/aromatic N) is 3. The Kier molecular flexibility index (Phi) is 5.91. The molecule has 0 amide bonds. The first-order valence-electron chi connectivity index (χ1n) is 7.27. The third-order valence-corrected chi connectivity index (χ3v) is 3.37. The third kappa shape index (κ3) is 4.95. The maximum atomic E-state index is 13.0. The van der Waals surface area contributed by atoms with Crippen molar-refractivity contribution in [3.8, 4) is 5.88 Å². The summed E-state index contributed by atoms with van der Waals surface area (Å²) in [6.07, 6.45) is 1.71. The van der Waals surface area contributed by atoms with Crippen molar-refractivity contribution in [1.29, 1.82) is 0 Å². The number of aliphatic imine (C=N–C) groups is 1. The predicted octanol–water partition coefficient (Wildman–Crippen LogP) is 2.44. The van der Waals surface area contributed by atoms with Gasteiger partial charge in [0.2, 0.25) is 5.88 Å². The first-order valence-corrected chi connectivity index (χ1v) is 7.27. The number of methoxy groups -OCH3 is 1. The zero-order chi connectivity index (χ0) is 16.7. The number of ether oxygens (including phenoxy) is 1. The van der Waals surface area contributed by atoms with Crippen molar-refractivity contribution in [2.24, 2.45) is 4.99 Å². The van der Waals surface area contributed by atoms with Gasteiger partial charge in [-0.15, -0.1) is 0 Å². The van der Waals surface area contributed by atoms with Gasteiger partial charge in [0.05, 0.1) is 7.11 Å². The van der Waals surface area contributed by atoms with Crippen LogP contribution < -0.4 is 10.1 Å². The molecule has 1 heterocycles. The number of rotatable bonds is 5. The molecule has 0 fully saturated rings. The highest BCUT2D eigenvalue weighted by atomic mass is 19.1. The van der Waals surface area contributed by atoms with Crippen molar-refractivity contribution >= 4 is 5.96 Å². The summed E-state index contributed by atoms with van der Waals surface area (Å²) in [7, 11) is 5.26. The standard InChI is InChI=1S/C17H21FN4O/c1-19-17(21-11-14-8-9-20-16(10-14)23-3)22(2)12-13-4-6-15(18)7-5-13/h4-10H,11-12H2,1-3H3,(H,19,21). The summed E-state index contributed by atoms with van der Waals surface area (Å²) in [5.41, 5.74) is 2.07. The van der Waals surface area contributed by atoms with Crippen LogP contribution in [0, 0.1) is 5.82 Å². The molecule has 23 heavy (non-hydrogen) atoms. The zero-order valence-electron chi connectivity index (χ0n) is 13.6. The quantitative estimate of drug-likeness (QED) is 0.680. The number of pyridine rings is 1. The normalized spacial score (nSPS) is 11.2. The maximum Gasteiger partial charge on any atom is 0.213 e. The Bertz CT molecular complexity index is 658. The van der Waals surface area contributed by atoms with E-state index in [2.05, 4.69) is 15.3 Å². The van der Waals surface area contributed by atoms with Crippen LogP contribution in [0.3, 0.4) is 0 Å². The topological polar surface area (TPSA) is 49.8 Å². The van der Waals surface area contributed by atoms with Crippen molar-refractivity contribution in [1.82, 2.24) is 15.2 Å². The van der Waals surface area contributed by atoms with Crippen LogP contribution in [0.15, 0.2) is 47.6 Å². The summed E-state index contributed by atoms with van der Waals surface area (Å²) in [5.74, 6) is 1.11. The fourth-order valence-corrected chi connectivity index (χ4v) is 2.18. The van der Waals surface area contributed by atoms with E-state index in [1.165, 1.54) is 12.1 Å². The first-order chi connectivity index (χ1) is 11.1. The molecule has 0 radical (unpaired) electrons. The number of benzene rings is 1. The Labute approximate surface area is 135 Å². The number of aromatic nitrogens is 1. The van der Waals surface area contributed by atoms with Crippen LogP contribution in [0.2, 0.25) is 0 Å². The van der Waals surface area contributed by atoms with Crippen molar-refractivity contribution in [3.05, 3.63) is 59.5 Å². The van der Waals surface area contributed by atoms with Crippen molar-refractivity contribution < 1.29 is 9.13 Å². The van der Waals surface area contributed by atoms with E-state index in [0.717, 1.165) is 17.1 Å². The smallest absolute Gasteiger partial charge is 0.213 e. The Morgan fingerprint density at radius 2 is 2.00 bits per heavy atom. The molecule has 0 saturated heterocycles. The van der Waals surface area contributed by atoms with Crippen molar-refractivity contribution in [2.75, 3.05) is 21.2 Å². The summed E-state index contributed by atoms with van der Waals surface area (Å²) in [6.45, 7) is 1.25. The van der Waals surface area contributed by atoms with Crippen LogP contribution in [0.5, 0.6) is 5.88 Å². The van der Waals surface area contributed by atoms with Gasteiger partial charge < -0.3 is 15.0 Å². The minimum atomic E-state index is -0.231. The Morgan fingerprint density at radius 3 is 2.65 bits per heavy atom. The van der Waals surface area contributed by atoms with Gasteiger partial charge in [0.15, 0.2) is 5.96 Å². The van der Waals surface area contributed by atoms with E-state index in [1.54, 1.807) is 32.5 Å². The lowest BCUT2D eigenvalue weighted by molar-refractivity contribution is 0.397. The molecular formula is C17H21FN4O. The average Bonchev–Trinajstić information content (AvgIpc) is 2.57. The summed E-state index contributed by atoms with van der Waals surface area (Å²) in [4.78, 5) is 10.3. The molecule has 0 saturated carbocycles. The maximum absolute atomic E-state index is 13.0. The molecule has 1 aromatic heterocycles. The second kappa shape index (κ2) is 8.12. The van der Waals surface area contributed by atoms with Gasteiger partial charge in [-0.25, -0.2) is 9.37 Å². The molecule has 2 rings (SSSR count). The molecule has 0 aliphatic rings. The Morgan fingerprint density at radius 1 is 1.26 bits per heavy atom. The summed E-state index contributed by atoms with van der Waals surface area (Å²) >= 11 is 0. The second-order valence-electron chi connectivity index (χ2n) is 5.09. The fraction of sp³-hybridized carbons (Fsp3) is 0.294. The fourth-order valence-electron chi connectivity index (χ4n) is 2.18. The lowest BCUT2D eigenvalue weighted by atomic mass is 10.2. The molecular weight excluding hydrogens is 295 g/mol. The molecule has 0 bridgehead atoms. The van der Waals surface area contributed by atoms with Gasteiger partial charge in [-0.1, -0.05) is 12.1 Å². The Balaban J connectivity index is 1.95. The largest absolute Gasteiger partial charge is 0.481 e. The van der Waals surface area contributed by atoms with E-state index < -0.39 is 0 Å². The number of halogens is 1. The van der Waals surface area contributed by atoms with E-state index in [4.69, 9.17) is 4.74 Å². The molecule has 122 valence electrons. The minimum absolute atomic E-state index is 0.231. The van der Waals surface area contributed by atoms with Gasteiger partial charge in [0.25, 0.3) is 0 Å². The highest BCUT2D eigenvalue weighted by Gasteiger charge is 2.07. The SMILES string of the molecule is CN=C(NCc1ccnc(OC)c1)N(C)Cc1ccc(F)cc1. The first kappa shape index (κ1) is 16.7. The van der Waals surface area contributed by atoms with Crippen LogP contribution in [0.1, 0.15) is 11.1 Å². The summed E-state index contributed by atoms with van der Waals surface area (Å²) in [6, 6.07) is 10.3. The minimum Gasteiger partial charge on any atom is -0.481 e. The van der Waals surface area contributed by atoms with Crippen LogP contribution in [0.4, 0.5) is 4.39 Å². The summed E-state index contributed by atoms with van der Waals surface area (Å²) in [5, 5.41) is 3.29. The molecule has 1 N–H and O–H groups in total. The van der Waals surface area contributed by atoms with Gasteiger partial charge in [-0.2, -0.15) is 0 Å². The number of nitrogens with one attached hydrogen (secondary N) is 1. The third-order valence-electron chi connectivity index (χ3n) is 3.37. The van der Waals surface area contributed by atoms with E-state index in [1.807, 2.05) is 24.1 Å². The van der Waals surface area contributed by atoms with Crippen LogP contribution in [0.25, 0.3) is 0 Å². The molecule has 0 aliphatic carbocycles. The Hall–Kier alpha value is -2.63. The lowest BCUT2D eigenvalue weighted by Gasteiger charge is -2.22. The average molecular weight is 316 g/mol. The molecule has 5 nitrogen and oxygen atoms in total. The van der Waals surface area contributed by atoms with Crippen LogP contribution >= 0.6 is 0 Å².